The summed E-state index contributed by atoms with van der Waals surface area (Å²) < 4.78 is 0. The van der Waals surface area contributed by atoms with Gasteiger partial charge >= 0.3 is 0 Å². The van der Waals surface area contributed by atoms with Crippen molar-refractivity contribution in [2.75, 3.05) is 11.4 Å². The molecule has 0 fully saturated rings. The zero-order valence-corrected chi connectivity index (χ0v) is 13.5. The summed E-state index contributed by atoms with van der Waals surface area (Å²) >= 11 is 6.22. The zero-order chi connectivity index (χ0) is 15.0. The molecule has 4 heteroatoms. The number of fused-ring (bicyclic) bond motifs is 1. The van der Waals surface area contributed by atoms with Crippen LogP contribution >= 0.6 is 11.6 Å². The van der Waals surface area contributed by atoms with E-state index >= 15 is 0 Å². The zero-order valence-electron chi connectivity index (χ0n) is 12.7. The van der Waals surface area contributed by atoms with Gasteiger partial charge in [0.25, 0.3) is 0 Å². The number of hydrogen-bond acceptors (Lipinski definition) is 3. The highest BCUT2D eigenvalue weighted by molar-refractivity contribution is 6.29. The topological polar surface area (TPSA) is 29.0 Å². The van der Waals surface area contributed by atoms with Crippen LogP contribution < -0.4 is 4.90 Å². The summed E-state index contributed by atoms with van der Waals surface area (Å²) in [7, 11) is 0. The lowest BCUT2D eigenvalue weighted by Crippen LogP contribution is -2.27. The van der Waals surface area contributed by atoms with E-state index in [1.165, 1.54) is 11.3 Å². The van der Waals surface area contributed by atoms with Crippen molar-refractivity contribution >= 4 is 23.1 Å². The van der Waals surface area contributed by atoms with Crippen LogP contribution in [0.4, 0.5) is 11.5 Å². The van der Waals surface area contributed by atoms with Crippen molar-refractivity contribution in [2.24, 2.45) is 0 Å². The van der Waals surface area contributed by atoms with Crippen molar-refractivity contribution in [1.82, 2.24) is 9.97 Å². The Morgan fingerprint density at radius 1 is 1.14 bits per heavy atom. The van der Waals surface area contributed by atoms with Crippen molar-refractivity contribution in [2.45, 2.75) is 39.0 Å². The number of rotatable bonds is 1. The molecule has 1 aliphatic heterocycles. The van der Waals surface area contributed by atoms with Crippen molar-refractivity contribution < 1.29 is 0 Å². The molecule has 0 amide bonds. The molecule has 3 rings (SSSR count). The Morgan fingerprint density at radius 2 is 1.90 bits per heavy atom. The third kappa shape index (κ3) is 2.88. The molecule has 1 aliphatic rings. The Bertz CT molecular complexity index is 661. The molecule has 0 aliphatic carbocycles. The molecule has 0 N–H and O–H groups in total. The third-order valence-electron chi connectivity index (χ3n) is 3.74. The van der Waals surface area contributed by atoms with E-state index in [9.17, 15) is 0 Å². The van der Waals surface area contributed by atoms with Crippen molar-refractivity contribution in [3.05, 3.63) is 46.9 Å². The Morgan fingerprint density at radius 3 is 2.67 bits per heavy atom. The normalized spacial score (nSPS) is 15.0. The molecule has 0 saturated carbocycles. The summed E-state index contributed by atoms with van der Waals surface area (Å²) in [5.74, 6) is 1.68. The first-order valence-corrected chi connectivity index (χ1v) is 7.73. The molecule has 0 saturated heterocycles. The van der Waals surface area contributed by atoms with Crippen LogP contribution in [0.1, 0.15) is 38.6 Å². The van der Waals surface area contributed by atoms with E-state index in [0.29, 0.717) is 5.15 Å². The van der Waals surface area contributed by atoms with Gasteiger partial charge in [0.1, 0.15) is 16.8 Å². The highest BCUT2D eigenvalue weighted by atomic mass is 35.5. The molecule has 2 aromatic rings. The minimum atomic E-state index is -0.116. The third-order valence-corrected chi connectivity index (χ3v) is 3.93. The summed E-state index contributed by atoms with van der Waals surface area (Å²) in [6, 6.07) is 10.4. The number of aromatic nitrogens is 2. The van der Waals surface area contributed by atoms with Gasteiger partial charge in [-0.2, -0.15) is 0 Å². The second-order valence-corrected chi connectivity index (χ2v) is 6.89. The van der Waals surface area contributed by atoms with Crippen LogP contribution in [-0.2, 0) is 11.8 Å². The number of halogens is 1. The van der Waals surface area contributed by atoms with Gasteiger partial charge in [0, 0.05) is 23.7 Å². The highest BCUT2D eigenvalue weighted by Gasteiger charge is 2.23. The largest absolute Gasteiger partial charge is 0.326 e. The van der Waals surface area contributed by atoms with Crippen LogP contribution in [0.3, 0.4) is 0 Å². The fourth-order valence-corrected chi connectivity index (χ4v) is 2.83. The van der Waals surface area contributed by atoms with Crippen molar-refractivity contribution in [1.29, 1.82) is 0 Å². The van der Waals surface area contributed by atoms with E-state index in [1.807, 2.05) is 6.07 Å². The first kappa shape index (κ1) is 14.3. The fraction of sp³-hybridized carbons (Fsp3) is 0.412. The molecule has 0 spiro atoms. The van der Waals surface area contributed by atoms with E-state index < -0.39 is 0 Å². The molecule has 0 atom stereocenters. The Kier molecular flexibility index (Phi) is 3.62. The molecule has 110 valence electrons. The highest BCUT2D eigenvalue weighted by Crippen LogP contribution is 2.34. The maximum absolute atomic E-state index is 6.22. The second-order valence-electron chi connectivity index (χ2n) is 6.51. The molecular weight excluding hydrogens is 282 g/mol. The maximum Gasteiger partial charge on any atom is 0.138 e. The van der Waals surface area contributed by atoms with E-state index in [0.717, 1.165) is 31.0 Å². The monoisotopic (exact) mass is 301 g/mol. The molecule has 1 aromatic carbocycles. The molecule has 0 bridgehead atoms. The molecule has 1 aromatic heterocycles. The number of hydrogen-bond donors (Lipinski definition) is 0. The molecule has 0 radical (unpaired) electrons. The predicted molar refractivity (Wildman–Crippen MR) is 87.5 cm³/mol. The van der Waals surface area contributed by atoms with Gasteiger partial charge in [0.2, 0.25) is 0 Å². The number of nitrogens with zero attached hydrogens (tertiary/aromatic N) is 3. The van der Waals surface area contributed by atoms with Crippen LogP contribution in [0.15, 0.2) is 30.3 Å². The van der Waals surface area contributed by atoms with Gasteiger partial charge in [-0.25, -0.2) is 9.97 Å². The van der Waals surface area contributed by atoms with Crippen molar-refractivity contribution in [3.63, 3.8) is 0 Å². The van der Waals surface area contributed by atoms with E-state index in [4.69, 9.17) is 16.6 Å². The van der Waals surface area contributed by atoms with Gasteiger partial charge in [-0.15, -0.1) is 0 Å². The van der Waals surface area contributed by atoms with Gasteiger partial charge in [-0.05, 0) is 24.5 Å². The quantitative estimate of drug-likeness (QED) is 0.726. The standard InChI is InChI=1S/C17H20ClN3/c1-17(2,3)16-19-14(18)11-15(20-16)21-10-6-8-12-7-4-5-9-13(12)21/h4-5,7,9,11H,6,8,10H2,1-3H3. The maximum atomic E-state index is 6.22. The number of benzene rings is 1. The lowest BCUT2D eigenvalue weighted by atomic mass is 9.95. The molecule has 21 heavy (non-hydrogen) atoms. The van der Waals surface area contributed by atoms with Gasteiger partial charge < -0.3 is 4.90 Å². The van der Waals surface area contributed by atoms with Gasteiger partial charge in [-0.1, -0.05) is 50.6 Å². The SMILES string of the molecule is CC(C)(C)c1nc(Cl)cc(N2CCCc3ccccc32)n1. The Hall–Kier alpha value is -1.61. The van der Waals surface area contributed by atoms with Gasteiger partial charge in [0.05, 0.1) is 0 Å². The number of aryl methyl sites for hydroxylation is 1. The lowest BCUT2D eigenvalue weighted by molar-refractivity contribution is 0.544. The van der Waals surface area contributed by atoms with E-state index in [-0.39, 0.29) is 5.41 Å². The van der Waals surface area contributed by atoms with Crippen LogP contribution in [-0.4, -0.2) is 16.5 Å². The van der Waals surface area contributed by atoms with Crippen LogP contribution in [0.25, 0.3) is 0 Å². The Balaban J connectivity index is 2.08. The fourth-order valence-electron chi connectivity index (χ4n) is 2.65. The van der Waals surface area contributed by atoms with Gasteiger partial charge in [-0.3, -0.25) is 0 Å². The van der Waals surface area contributed by atoms with E-state index in [1.54, 1.807) is 0 Å². The van der Waals surface area contributed by atoms with Crippen LogP contribution in [0.5, 0.6) is 0 Å². The van der Waals surface area contributed by atoms with Gasteiger partial charge in [0.15, 0.2) is 0 Å². The summed E-state index contributed by atoms with van der Waals surface area (Å²) in [5, 5.41) is 0.507. The number of para-hydroxylation sites is 1. The number of anilines is 2. The first-order valence-electron chi connectivity index (χ1n) is 7.36. The van der Waals surface area contributed by atoms with Crippen molar-refractivity contribution in [3.8, 4) is 0 Å². The predicted octanol–water partition coefficient (Wildman–Crippen LogP) is 4.51. The minimum Gasteiger partial charge on any atom is -0.326 e. The van der Waals surface area contributed by atoms with E-state index in [2.05, 4.69) is 54.9 Å². The summed E-state index contributed by atoms with van der Waals surface area (Å²) in [6.07, 6.45) is 2.25. The smallest absolute Gasteiger partial charge is 0.138 e. The summed E-state index contributed by atoms with van der Waals surface area (Å²) in [4.78, 5) is 11.4. The second kappa shape index (κ2) is 5.30. The average molecular weight is 302 g/mol. The lowest BCUT2D eigenvalue weighted by Gasteiger charge is -2.31. The molecule has 2 heterocycles. The molecule has 3 nitrogen and oxygen atoms in total. The summed E-state index contributed by atoms with van der Waals surface area (Å²) in [6.45, 7) is 7.28. The Labute approximate surface area is 131 Å². The summed E-state index contributed by atoms with van der Waals surface area (Å²) in [5.41, 5.74) is 2.49. The van der Waals surface area contributed by atoms with Crippen LogP contribution in [0, 0.1) is 0 Å². The average Bonchev–Trinajstić information content (AvgIpc) is 2.45. The molecule has 0 unspecified atom stereocenters. The van der Waals surface area contributed by atoms with Crippen LogP contribution in [0.2, 0.25) is 5.15 Å². The first-order chi connectivity index (χ1) is 9.95. The molecular formula is C17H20ClN3. The minimum absolute atomic E-state index is 0.116.